The van der Waals surface area contributed by atoms with E-state index in [2.05, 4.69) is 20.2 Å². The van der Waals surface area contributed by atoms with E-state index in [0.29, 0.717) is 10.9 Å². The number of hydrazone groups is 1. The molecule has 1 aromatic carbocycles. The molecular formula is C11H9F3N4O2S. The van der Waals surface area contributed by atoms with Crippen LogP contribution in [0.1, 0.15) is 5.56 Å². The lowest BCUT2D eigenvalue weighted by molar-refractivity contribution is -0.274. The Morgan fingerprint density at radius 2 is 2.19 bits per heavy atom. The van der Waals surface area contributed by atoms with Crippen LogP contribution in [-0.2, 0) is 0 Å². The van der Waals surface area contributed by atoms with Gasteiger partial charge in [0.1, 0.15) is 17.3 Å². The Bertz CT molecular complexity index is 657. The van der Waals surface area contributed by atoms with Crippen molar-refractivity contribution in [1.82, 2.24) is 4.98 Å². The first-order valence-electron chi connectivity index (χ1n) is 5.42. The lowest BCUT2D eigenvalue weighted by Crippen LogP contribution is -2.17. The van der Waals surface area contributed by atoms with E-state index >= 15 is 0 Å². The quantitative estimate of drug-likeness (QED) is 0.595. The summed E-state index contributed by atoms with van der Waals surface area (Å²) in [6.07, 6.45) is -3.58. The number of phenolic OH excluding ortho intramolecular Hbond substituents is 1. The number of benzene rings is 1. The average Bonchev–Trinajstić information content (AvgIpc) is 2.76. The van der Waals surface area contributed by atoms with E-state index in [0.717, 1.165) is 12.1 Å². The smallest absolute Gasteiger partial charge is 0.507 e. The molecule has 0 unspecified atom stereocenters. The van der Waals surface area contributed by atoms with Crippen LogP contribution in [0.3, 0.4) is 0 Å². The summed E-state index contributed by atoms with van der Waals surface area (Å²) >= 11 is 1.23. The van der Waals surface area contributed by atoms with E-state index in [1.165, 1.54) is 23.6 Å². The van der Waals surface area contributed by atoms with Gasteiger partial charge < -0.3 is 15.6 Å². The number of ether oxygens (including phenoxy) is 1. The van der Waals surface area contributed by atoms with Crippen molar-refractivity contribution in [2.24, 2.45) is 5.10 Å². The Morgan fingerprint density at radius 3 is 2.76 bits per heavy atom. The summed E-state index contributed by atoms with van der Waals surface area (Å²) < 4.78 is 39.7. The molecule has 0 saturated carbocycles. The number of nitrogens with one attached hydrogen (secondary N) is 1. The first kappa shape index (κ1) is 14.9. The highest BCUT2D eigenvalue weighted by Gasteiger charge is 2.31. The maximum Gasteiger partial charge on any atom is 0.573 e. The summed E-state index contributed by atoms with van der Waals surface area (Å²) in [7, 11) is 0. The molecule has 1 aromatic heterocycles. The third kappa shape index (κ3) is 4.53. The number of aromatic hydroxyl groups is 1. The summed E-state index contributed by atoms with van der Waals surface area (Å²) in [4.78, 5) is 3.88. The summed E-state index contributed by atoms with van der Waals surface area (Å²) in [5.41, 5.74) is 8.19. The van der Waals surface area contributed by atoms with Crippen molar-refractivity contribution in [3.63, 3.8) is 0 Å². The molecule has 0 amide bonds. The van der Waals surface area contributed by atoms with Crippen LogP contribution in [0.25, 0.3) is 0 Å². The normalized spacial score (nSPS) is 11.8. The molecule has 0 aliphatic rings. The number of halogens is 3. The molecule has 4 N–H and O–H groups in total. The highest BCUT2D eigenvalue weighted by atomic mass is 32.1. The van der Waals surface area contributed by atoms with Gasteiger partial charge in [-0.1, -0.05) is 0 Å². The molecule has 0 fully saturated rings. The van der Waals surface area contributed by atoms with Gasteiger partial charge in [0, 0.05) is 17.0 Å². The number of nitrogens with zero attached hydrogens (tertiary/aromatic N) is 2. The van der Waals surface area contributed by atoms with Crippen molar-refractivity contribution >= 4 is 28.5 Å². The largest absolute Gasteiger partial charge is 0.573 e. The molecule has 1 heterocycles. The van der Waals surface area contributed by atoms with Crippen LogP contribution in [0.15, 0.2) is 28.7 Å². The van der Waals surface area contributed by atoms with Crippen molar-refractivity contribution in [2.75, 3.05) is 11.2 Å². The van der Waals surface area contributed by atoms with Gasteiger partial charge in [0.05, 0.1) is 6.21 Å². The second-order valence-corrected chi connectivity index (χ2v) is 4.57. The van der Waals surface area contributed by atoms with Crippen LogP contribution in [0.5, 0.6) is 11.5 Å². The summed E-state index contributed by atoms with van der Waals surface area (Å²) in [5, 5.41) is 15.4. The van der Waals surface area contributed by atoms with E-state index in [4.69, 9.17) is 5.73 Å². The minimum Gasteiger partial charge on any atom is -0.507 e. The number of alkyl halides is 3. The fourth-order valence-corrected chi connectivity index (χ4v) is 1.87. The van der Waals surface area contributed by atoms with Gasteiger partial charge in [0.15, 0.2) is 0 Å². The molecule has 10 heteroatoms. The minimum atomic E-state index is -4.81. The summed E-state index contributed by atoms with van der Waals surface area (Å²) in [5.74, 6) is -0.576. The maximum atomic E-state index is 12.0. The molecule has 6 nitrogen and oxygen atoms in total. The number of anilines is 2. The zero-order valence-corrected chi connectivity index (χ0v) is 11.1. The molecule has 112 valence electrons. The SMILES string of the molecule is Nc1csc(NN=Cc2ccc(OC(F)(F)F)cc2O)n1. The monoisotopic (exact) mass is 318 g/mol. The molecule has 21 heavy (non-hydrogen) atoms. The van der Waals surface area contributed by atoms with Crippen molar-refractivity contribution in [1.29, 1.82) is 0 Å². The molecule has 0 bridgehead atoms. The topological polar surface area (TPSA) is 92.8 Å². The number of aromatic nitrogens is 1. The van der Waals surface area contributed by atoms with Crippen molar-refractivity contribution in [3.8, 4) is 11.5 Å². The van der Waals surface area contributed by atoms with E-state index in [9.17, 15) is 18.3 Å². The van der Waals surface area contributed by atoms with Gasteiger partial charge >= 0.3 is 6.36 Å². The predicted molar refractivity (Wildman–Crippen MR) is 72.5 cm³/mol. The summed E-state index contributed by atoms with van der Waals surface area (Å²) in [6, 6.07) is 3.14. The average molecular weight is 318 g/mol. The Labute approximate surface area is 120 Å². The Kier molecular flexibility index (Phi) is 4.17. The van der Waals surface area contributed by atoms with E-state index in [-0.39, 0.29) is 5.56 Å². The Morgan fingerprint density at radius 1 is 1.43 bits per heavy atom. The van der Waals surface area contributed by atoms with Crippen LogP contribution in [0.4, 0.5) is 24.1 Å². The van der Waals surface area contributed by atoms with Gasteiger partial charge in [-0.05, 0) is 12.1 Å². The molecule has 0 saturated heterocycles. The Hall–Kier alpha value is -2.49. The zero-order valence-electron chi connectivity index (χ0n) is 10.3. The van der Waals surface area contributed by atoms with E-state index in [1.807, 2.05) is 0 Å². The number of phenols is 1. The Balaban J connectivity index is 2.03. The number of hydrogen-bond acceptors (Lipinski definition) is 7. The number of nitrogens with two attached hydrogens (primary N) is 1. The van der Waals surface area contributed by atoms with Gasteiger partial charge in [0.2, 0.25) is 5.13 Å². The highest BCUT2D eigenvalue weighted by Crippen LogP contribution is 2.27. The molecule has 0 atom stereocenters. The minimum absolute atomic E-state index is 0.210. The first-order chi connectivity index (χ1) is 9.83. The maximum absolute atomic E-state index is 12.0. The molecule has 0 aliphatic heterocycles. The number of nitrogen functional groups attached to an aromatic ring is 1. The lowest BCUT2D eigenvalue weighted by atomic mass is 10.2. The van der Waals surface area contributed by atoms with Gasteiger partial charge in [-0.3, -0.25) is 5.43 Å². The highest BCUT2D eigenvalue weighted by molar-refractivity contribution is 7.14. The molecule has 0 spiro atoms. The van der Waals surface area contributed by atoms with Gasteiger partial charge in [-0.2, -0.15) is 5.10 Å². The van der Waals surface area contributed by atoms with E-state index < -0.39 is 17.9 Å². The van der Waals surface area contributed by atoms with Crippen LogP contribution in [-0.4, -0.2) is 22.7 Å². The fourth-order valence-electron chi connectivity index (χ4n) is 1.32. The van der Waals surface area contributed by atoms with Crippen LogP contribution in [0, 0.1) is 0 Å². The van der Waals surface area contributed by atoms with Crippen molar-refractivity contribution < 1.29 is 23.0 Å². The molecule has 0 aliphatic carbocycles. The number of hydrogen-bond donors (Lipinski definition) is 3. The van der Waals surface area contributed by atoms with Crippen molar-refractivity contribution in [3.05, 3.63) is 29.1 Å². The number of thiazole rings is 1. The second kappa shape index (κ2) is 5.87. The zero-order chi connectivity index (χ0) is 15.5. The van der Waals surface area contributed by atoms with Gasteiger partial charge in [0.25, 0.3) is 0 Å². The predicted octanol–water partition coefficient (Wildman–Crippen LogP) is 2.78. The van der Waals surface area contributed by atoms with Crippen LogP contribution in [0.2, 0.25) is 0 Å². The standard InChI is InChI=1S/C11H9F3N4O2S/c12-11(13,14)20-7-2-1-6(8(19)3-7)4-16-18-10-17-9(15)5-21-10/h1-5,19H,15H2,(H,17,18). The molecule has 2 rings (SSSR count). The van der Waals surface area contributed by atoms with Gasteiger partial charge in [-0.15, -0.1) is 24.5 Å². The number of rotatable bonds is 4. The van der Waals surface area contributed by atoms with Crippen LogP contribution < -0.4 is 15.9 Å². The summed E-state index contributed by atoms with van der Waals surface area (Å²) in [6.45, 7) is 0. The fraction of sp³-hybridized carbons (Fsp3) is 0.0909. The third-order valence-corrected chi connectivity index (χ3v) is 2.89. The lowest BCUT2D eigenvalue weighted by Gasteiger charge is -2.09. The first-order valence-corrected chi connectivity index (χ1v) is 6.30. The van der Waals surface area contributed by atoms with Crippen molar-refractivity contribution in [2.45, 2.75) is 6.36 Å². The van der Waals surface area contributed by atoms with E-state index in [1.54, 1.807) is 5.38 Å². The van der Waals surface area contributed by atoms with Gasteiger partial charge in [-0.25, -0.2) is 4.98 Å². The van der Waals surface area contributed by atoms with Crippen LogP contribution >= 0.6 is 11.3 Å². The second-order valence-electron chi connectivity index (χ2n) is 3.72. The molecule has 0 radical (unpaired) electrons. The molecular weight excluding hydrogens is 309 g/mol. The molecule has 2 aromatic rings. The third-order valence-electron chi connectivity index (χ3n) is 2.12.